The monoisotopic (exact) mass is 292 g/mol. The number of hydrogen-bond acceptors (Lipinski definition) is 5. The van der Waals surface area contributed by atoms with Gasteiger partial charge in [-0.1, -0.05) is 0 Å². The molecule has 0 bridgehead atoms. The van der Waals surface area contributed by atoms with Gasteiger partial charge in [0.05, 0.1) is 12.2 Å². The Bertz CT molecular complexity index is 487. The first-order valence-electron chi connectivity index (χ1n) is 7.36. The summed E-state index contributed by atoms with van der Waals surface area (Å²) >= 11 is 0. The van der Waals surface area contributed by atoms with E-state index in [1.165, 1.54) is 6.42 Å². The number of nitrogens with two attached hydrogens (primary N) is 1. The van der Waals surface area contributed by atoms with Crippen LogP contribution in [-0.2, 0) is 4.74 Å². The molecule has 0 saturated carbocycles. The summed E-state index contributed by atoms with van der Waals surface area (Å²) in [6, 6.07) is 2.23. The number of carbonyl (C=O) groups is 1. The molecule has 0 spiro atoms. The molecular weight excluding hydrogens is 268 g/mol. The zero-order valence-electron chi connectivity index (χ0n) is 12.8. The summed E-state index contributed by atoms with van der Waals surface area (Å²) in [7, 11) is 1.67. The van der Waals surface area contributed by atoms with Crippen LogP contribution in [0.5, 0.6) is 0 Å². The molecule has 1 aromatic heterocycles. The number of nitrogens with one attached hydrogen (secondary N) is 1. The normalized spacial score (nSPS) is 17.9. The SMILES string of the molecule is COCCN(CC1CCCN1)c1nccc(C)c1C(N)=O. The number of anilines is 1. The summed E-state index contributed by atoms with van der Waals surface area (Å²) < 4.78 is 5.18. The fourth-order valence-electron chi connectivity index (χ4n) is 2.75. The number of pyridine rings is 1. The first-order valence-corrected chi connectivity index (χ1v) is 7.36. The van der Waals surface area contributed by atoms with Crippen molar-refractivity contribution in [2.75, 3.05) is 38.3 Å². The highest BCUT2D eigenvalue weighted by atomic mass is 16.5. The van der Waals surface area contributed by atoms with Crippen molar-refractivity contribution in [1.82, 2.24) is 10.3 Å². The average Bonchev–Trinajstić information content (AvgIpc) is 2.95. The number of primary amides is 1. The third-order valence-electron chi connectivity index (χ3n) is 3.85. The van der Waals surface area contributed by atoms with Gasteiger partial charge in [0.15, 0.2) is 0 Å². The zero-order chi connectivity index (χ0) is 15.2. The van der Waals surface area contributed by atoms with Crippen LogP contribution in [0.2, 0.25) is 0 Å². The van der Waals surface area contributed by atoms with Crippen LogP contribution in [0.25, 0.3) is 0 Å². The Labute approximate surface area is 125 Å². The molecular formula is C15H24N4O2. The minimum atomic E-state index is -0.433. The van der Waals surface area contributed by atoms with E-state index in [0.717, 1.165) is 25.1 Å². The van der Waals surface area contributed by atoms with Crippen molar-refractivity contribution in [3.05, 3.63) is 23.4 Å². The molecule has 2 rings (SSSR count). The van der Waals surface area contributed by atoms with E-state index < -0.39 is 5.91 Å². The van der Waals surface area contributed by atoms with Crippen molar-refractivity contribution >= 4 is 11.7 Å². The predicted molar refractivity (Wildman–Crippen MR) is 82.6 cm³/mol. The molecule has 2 heterocycles. The molecule has 0 radical (unpaired) electrons. The Balaban J connectivity index is 2.26. The van der Waals surface area contributed by atoms with Gasteiger partial charge in [-0.2, -0.15) is 0 Å². The molecule has 21 heavy (non-hydrogen) atoms. The maximum Gasteiger partial charge on any atom is 0.252 e. The van der Waals surface area contributed by atoms with Gasteiger partial charge in [0.2, 0.25) is 0 Å². The van der Waals surface area contributed by atoms with Crippen molar-refractivity contribution in [2.24, 2.45) is 5.73 Å². The third-order valence-corrected chi connectivity index (χ3v) is 3.85. The number of hydrogen-bond donors (Lipinski definition) is 2. The van der Waals surface area contributed by atoms with Crippen molar-refractivity contribution in [3.8, 4) is 0 Å². The standard InChI is InChI=1S/C15H24N4O2/c1-11-5-7-18-15(13(11)14(16)20)19(8-9-21-2)10-12-4-3-6-17-12/h5,7,12,17H,3-4,6,8-10H2,1-2H3,(H2,16,20). The second-order valence-electron chi connectivity index (χ2n) is 5.42. The molecule has 6 nitrogen and oxygen atoms in total. The van der Waals surface area contributed by atoms with Gasteiger partial charge >= 0.3 is 0 Å². The Morgan fingerprint density at radius 1 is 1.62 bits per heavy atom. The van der Waals surface area contributed by atoms with Crippen LogP contribution >= 0.6 is 0 Å². The third kappa shape index (κ3) is 3.92. The zero-order valence-corrected chi connectivity index (χ0v) is 12.8. The number of methoxy groups -OCH3 is 1. The summed E-state index contributed by atoms with van der Waals surface area (Å²) in [5.74, 6) is 0.227. The number of nitrogens with zero attached hydrogens (tertiary/aromatic N) is 2. The molecule has 1 saturated heterocycles. The van der Waals surface area contributed by atoms with Crippen LogP contribution in [0.3, 0.4) is 0 Å². The minimum absolute atomic E-state index is 0.421. The van der Waals surface area contributed by atoms with Gasteiger partial charge in [-0.05, 0) is 37.9 Å². The van der Waals surface area contributed by atoms with Gasteiger partial charge in [-0.25, -0.2) is 4.98 Å². The van der Waals surface area contributed by atoms with Crippen molar-refractivity contribution in [1.29, 1.82) is 0 Å². The van der Waals surface area contributed by atoms with Crippen LogP contribution in [0.4, 0.5) is 5.82 Å². The van der Waals surface area contributed by atoms with E-state index in [1.54, 1.807) is 13.3 Å². The molecule has 1 aromatic rings. The molecule has 3 N–H and O–H groups in total. The smallest absolute Gasteiger partial charge is 0.252 e. The average molecular weight is 292 g/mol. The van der Waals surface area contributed by atoms with Gasteiger partial charge in [0, 0.05) is 32.4 Å². The van der Waals surface area contributed by atoms with Crippen LogP contribution < -0.4 is 16.0 Å². The number of ether oxygens (including phenoxy) is 1. The van der Waals surface area contributed by atoms with Crippen LogP contribution in [0.15, 0.2) is 12.3 Å². The lowest BCUT2D eigenvalue weighted by atomic mass is 10.1. The molecule has 1 aliphatic heterocycles. The highest BCUT2D eigenvalue weighted by Crippen LogP contribution is 2.21. The highest BCUT2D eigenvalue weighted by Gasteiger charge is 2.23. The molecule has 0 aliphatic carbocycles. The molecule has 6 heteroatoms. The van der Waals surface area contributed by atoms with E-state index in [1.807, 2.05) is 13.0 Å². The number of carbonyl (C=O) groups excluding carboxylic acids is 1. The Morgan fingerprint density at radius 2 is 2.43 bits per heavy atom. The van der Waals surface area contributed by atoms with Crippen LogP contribution in [-0.4, -0.2) is 50.3 Å². The Morgan fingerprint density at radius 3 is 3.05 bits per heavy atom. The van der Waals surface area contributed by atoms with Crippen molar-refractivity contribution < 1.29 is 9.53 Å². The van der Waals surface area contributed by atoms with Gasteiger partial charge in [0.25, 0.3) is 5.91 Å². The number of aromatic nitrogens is 1. The minimum Gasteiger partial charge on any atom is -0.383 e. The number of rotatable bonds is 7. The topological polar surface area (TPSA) is 80.5 Å². The van der Waals surface area contributed by atoms with E-state index in [-0.39, 0.29) is 0 Å². The quantitative estimate of drug-likeness (QED) is 0.773. The molecule has 116 valence electrons. The fraction of sp³-hybridized carbons (Fsp3) is 0.600. The van der Waals surface area contributed by atoms with Gasteiger partial charge in [0.1, 0.15) is 5.82 Å². The van der Waals surface area contributed by atoms with E-state index in [4.69, 9.17) is 10.5 Å². The Hall–Kier alpha value is -1.66. The molecule has 0 aromatic carbocycles. The summed E-state index contributed by atoms with van der Waals surface area (Å²) in [6.07, 6.45) is 4.05. The van der Waals surface area contributed by atoms with Gasteiger partial charge < -0.3 is 20.7 Å². The number of amides is 1. The fourth-order valence-corrected chi connectivity index (χ4v) is 2.75. The van der Waals surface area contributed by atoms with Crippen LogP contribution in [0, 0.1) is 6.92 Å². The first kappa shape index (κ1) is 15.7. The highest BCUT2D eigenvalue weighted by molar-refractivity contribution is 5.99. The lowest BCUT2D eigenvalue weighted by Crippen LogP contribution is -2.40. The largest absolute Gasteiger partial charge is 0.383 e. The summed E-state index contributed by atoms with van der Waals surface area (Å²) in [5.41, 5.74) is 6.90. The number of aryl methyl sites for hydroxylation is 1. The predicted octanol–water partition coefficient (Wildman–Crippen LogP) is 0.694. The Kier molecular flexibility index (Phi) is 5.52. The van der Waals surface area contributed by atoms with Gasteiger partial charge in [-0.3, -0.25) is 4.79 Å². The second-order valence-corrected chi connectivity index (χ2v) is 5.42. The maximum absolute atomic E-state index is 11.8. The lowest BCUT2D eigenvalue weighted by molar-refractivity contribution is 0.0999. The van der Waals surface area contributed by atoms with Crippen LogP contribution in [0.1, 0.15) is 28.8 Å². The summed E-state index contributed by atoms with van der Waals surface area (Å²) in [5, 5.41) is 3.47. The molecule has 1 fully saturated rings. The van der Waals surface area contributed by atoms with E-state index in [2.05, 4.69) is 15.2 Å². The molecule has 1 atom stereocenters. The maximum atomic E-state index is 11.8. The summed E-state index contributed by atoms with van der Waals surface area (Å²) in [4.78, 5) is 18.3. The second kappa shape index (κ2) is 7.38. The van der Waals surface area contributed by atoms with Crippen molar-refractivity contribution in [3.63, 3.8) is 0 Å². The summed E-state index contributed by atoms with van der Waals surface area (Å²) in [6.45, 7) is 5.01. The first-order chi connectivity index (χ1) is 10.1. The van der Waals surface area contributed by atoms with E-state index in [9.17, 15) is 4.79 Å². The van der Waals surface area contributed by atoms with E-state index >= 15 is 0 Å². The van der Waals surface area contributed by atoms with E-state index in [0.29, 0.717) is 30.6 Å². The molecule has 1 unspecified atom stereocenters. The van der Waals surface area contributed by atoms with Gasteiger partial charge in [-0.15, -0.1) is 0 Å². The molecule has 1 amide bonds. The lowest BCUT2D eigenvalue weighted by Gasteiger charge is -2.28. The molecule has 1 aliphatic rings. The van der Waals surface area contributed by atoms with Crippen molar-refractivity contribution in [2.45, 2.75) is 25.8 Å².